The molecule has 0 fully saturated rings. The fourth-order valence-electron chi connectivity index (χ4n) is 2.33. The van der Waals surface area contributed by atoms with Crippen LogP contribution in [0.15, 0.2) is 24.3 Å². The van der Waals surface area contributed by atoms with Crippen molar-refractivity contribution in [3.63, 3.8) is 0 Å². The number of methoxy groups -OCH3 is 1. The molecule has 2 heteroatoms. The first kappa shape index (κ1) is 10.4. The Morgan fingerprint density at radius 3 is 3.07 bits per heavy atom. The van der Waals surface area contributed by atoms with Gasteiger partial charge < -0.3 is 4.74 Å². The van der Waals surface area contributed by atoms with E-state index in [1.165, 1.54) is 11.1 Å². The van der Waals surface area contributed by atoms with Gasteiger partial charge in [-0.3, -0.25) is 4.79 Å². The topological polar surface area (TPSA) is 26.3 Å². The standard InChI is InChI=1S/C13H16O2/c1-15-9-13(14)12-8-4-6-10-5-2-3-7-11(10)12/h2-3,5,7,12H,4,6,8-9H2,1H3. The van der Waals surface area contributed by atoms with Crippen molar-refractivity contribution in [1.82, 2.24) is 0 Å². The summed E-state index contributed by atoms with van der Waals surface area (Å²) < 4.78 is 4.92. The Hall–Kier alpha value is -1.15. The highest BCUT2D eigenvalue weighted by Crippen LogP contribution is 2.31. The van der Waals surface area contributed by atoms with Crippen LogP contribution in [0, 0.1) is 0 Å². The zero-order valence-electron chi connectivity index (χ0n) is 9.03. The lowest BCUT2D eigenvalue weighted by molar-refractivity contribution is -0.124. The molecule has 2 nitrogen and oxygen atoms in total. The maximum absolute atomic E-state index is 11.8. The zero-order valence-corrected chi connectivity index (χ0v) is 9.03. The van der Waals surface area contributed by atoms with Crippen LogP contribution in [0.25, 0.3) is 0 Å². The molecule has 1 aliphatic rings. The molecule has 0 aromatic heterocycles. The molecule has 15 heavy (non-hydrogen) atoms. The minimum absolute atomic E-state index is 0.0647. The van der Waals surface area contributed by atoms with Crippen LogP contribution in [-0.2, 0) is 16.0 Å². The van der Waals surface area contributed by atoms with Crippen molar-refractivity contribution in [2.45, 2.75) is 25.2 Å². The number of Topliss-reactive ketones (excluding diaryl/α,β-unsaturated/α-hetero) is 1. The summed E-state index contributed by atoms with van der Waals surface area (Å²) in [6, 6.07) is 8.26. The van der Waals surface area contributed by atoms with Crippen LogP contribution in [0.4, 0.5) is 0 Å². The minimum atomic E-state index is 0.0647. The van der Waals surface area contributed by atoms with Gasteiger partial charge in [0.2, 0.25) is 0 Å². The fraction of sp³-hybridized carbons (Fsp3) is 0.462. The van der Waals surface area contributed by atoms with Crippen LogP contribution in [-0.4, -0.2) is 19.5 Å². The molecule has 2 rings (SSSR count). The normalized spacial score (nSPS) is 19.7. The van der Waals surface area contributed by atoms with E-state index in [2.05, 4.69) is 12.1 Å². The Kier molecular flexibility index (Phi) is 3.17. The van der Waals surface area contributed by atoms with E-state index < -0.39 is 0 Å². The van der Waals surface area contributed by atoms with Crippen molar-refractivity contribution in [3.8, 4) is 0 Å². The molecule has 0 amide bonds. The van der Waals surface area contributed by atoms with Crippen LogP contribution in [0.3, 0.4) is 0 Å². The van der Waals surface area contributed by atoms with Gasteiger partial charge in [-0.1, -0.05) is 24.3 Å². The minimum Gasteiger partial charge on any atom is -0.377 e. The molecule has 0 saturated heterocycles. The van der Waals surface area contributed by atoms with Gasteiger partial charge in [0.05, 0.1) is 0 Å². The molecule has 0 radical (unpaired) electrons. The molecule has 1 aromatic carbocycles. The molecule has 80 valence electrons. The van der Waals surface area contributed by atoms with Crippen LogP contribution in [0.2, 0.25) is 0 Å². The molecule has 0 saturated carbocycles. The average molecular weight is 204 g/mol. The van der Waals surface area contributed by atoms with Crippen LogP contribution < -0.4 is 0 Å². The van der Waals surface area contributed by atoms with E-state index in [9.17, 15) is 4.79 Å². The highest BCUT2D eigenvalue weighted by Gasteiger charge is 2.25. The highest BCUT2D eigenvalue weighted by atomic mass is 16.5. The number of benzene rings is 1. The van der Waals surface area contributed by atoms with Crippen LogP contribution >= 0.6 is 0 Å². The maximum atomic E-state index is 11.8. The second kappa shape index (κ2) is 4.58. The molecule has 1 atom stereocenters. The van der Waals surface area contributed by atoms with Gasteiger partial charge >= 0.3 is 0 Å². The van der Waals surface area contributed by atoms with Crippen molar-refractivity contribution < 1.29 is 9.53 Å². The molecular weight excluding hydrogens is 188 g/mol. The van der Waals surface area contributed by atoms with Gasteiger partial charge in [-0.25, -0.2) is 0 Å². The maximum Gasteiger partial charge on any atom is 0.165 e. The van der Waals surface area contributed by atoms with Gasteiger partial charge in [0.25, 0.3) is 0 Å². The molecule has 0 heterocycles. The molecule has 0 aliphatic heterocycles. The van der Waals surface area contributed by atoms with E-state index in [4.69, 9.17) is 4.74 Å². The summed E-state index contributed by atoms with van der Waals surface area (Å²) in [5, 5.41) is 0. The second-order valence-corrected chi connectivity index (χ2v) is 4.04. The fourth-order valence-corrected chi connectivity index (χ4v) is 2.33. The van der Waals surface area contributed by atoms with Gasteiger partial charge in [0.15, 0.2) is 5.78 Å². The Balaban J connectivity index is 2.25. The Bertz CT molecular complexity index is 357. The molecule has 1 aliphatic carbocycles. The monoisotopic (exact) mass is 204 g/mol. The van der Waals surface area contributed by atoms with E-state index >= 15 is 0 Å². The summed E-state index contributed by atoms with van der Waals surface area (Å²) in [4.78, 5) is 11.8. The lowest BCUT2D eigenvalue weighted by Crippen LogP contribution is -2.21. The van der Waals surface area contributed by atoms with E-state index in [-0.39, 0.29) is 18.3 Å². The molecule has 1 unspecified atom stereocenters. The van der Waals surface area contributed by atoms with Gasteiger partial charge in [-0.05, 0) is 30.4 Å². The van der Waals surface area contributed by atoms with Gasteiger partial charge in [0, 0.05) is 13.0 Å². The Morgan fingerprint density at radius 1 is 1.47 bits per heavy atom. The van der Waals surface area contributed by atoms with Crippen LogP contribution in [0.5, 0.6) is 0 Å². The number of hydrogen-bond donors (Lipinski definition) is 0. The summed E-state index contributed by atoms with van der Waals surface area (Å²) in [5.41, 5.74) is 2.55. The lowest BCUT2D eigenvalue weighted by Gasteiger charge is -2.24. The quantitative estimate of drug-likeness (QED) is 0.755. The summed E-state index contributed by atoms with van der Waals surface area (Å²) >= 11 is 0. The predicted octanol–water partition coefficient (Wildman–Crippen LogP) is 2.32. The number of rotatable bonds is 3. The average Bonchev–Trinajstić information content (AvgIpc) is 2.28. The number of hydrogen-bond acceptors (Lipinski definition) is 2. The van der Waals surface area contributed by atoms with Crippen molar-refractivity contribution in [2.75, 3.05) is 13.7 Å². The Morgan fingerprint density at radius 2 is 2.27 bits per heavy atom. The second-order valence-electron chi connectivity index (χ2n) is 4.04. The molecule has 0 N–H and O–H groups in total. The van der Waals surface area contributed by atoms with Crippen molar-refractivity contribution in [1.29, 1.82) is 0 Å². The lowest BCUT2D eigenvalue weighted by atomic mass is 9.81. The summed E-state index contributed by atoms with van der Waals surface area (Å²) in [5.74, 6) is 0.277. The number of carbonyl (C=O) groups excluding carboxylic acids is 1. The molecular formula is C13H16O2. The van der Waals surface area contributed by atoms with E-state index in [1.54, 1.807) is 7.11 Å². The number of ketones is 1. The third-order valence-corrected chi connectivity index (χ3v) is 3.04. The first-order valence-electron chi connectivity index (χ1n) is 5.42. The van der Waals surface area contributed by atoms with E-state index in [1.807, 2.05) is 12.1 Å². The van der Waals surface area contributed by atoms with Gasteiger partial charge in [-0.15, -0.1) is 0 Å². The molecule has 0 bridgehead atoms. The smallest absolute Gasteiger partial charge is 0.165 e. The third kappa shape index (κ3) is 2.10. The molecule has 0 spiro atoms. The number of carbonyl (C=O) groups is 1. The SMILES string of the molecule is COCC(=O)C1CCCc2ccccc21. The number of fused-ring (bicyclic) bond motifs is 1. The van der Waals surface area contributed by atoms with E-state index in [0.717, 1.165) is 19.3 Å². The number of ether oxygens (including phenoxy) is 1. The first-order valence-corrected chi connectivity index (χ1v) is 5.42. The van der Waals surface area contributed by atoms with Crippen molar-refractivity contribution >= 4 is 5.78 Å². The third-order valence-electron chi connectivity index (χ3n) is 3.04. The van der Waals surface area contributed by atoms with E-state index in [0.29, 0.717) is 0 Å². The summed E-state index contributed by atoms with van der Waals surface area (Å²) in [6.07, 6.45) is 3.18. The Labute approximate surface area is 90.3 Å². The first-order chi connectivity index (χ1) is 7.33. The van der Waals surface area contributed by atoms with Gasteiger partial charge in [-0.2, -0.15) is 0 Å². The van der Waals surface area contributed by atoms with Gasteiger partial charge in [0.1, 0.15) is 6.61 Å². The highest BCUT2D eigenvalue weighted by molar-refractivity contribution is 5.87. The van der Waals surface area contributed by atoms with Crippen LogP contribution in [0.1, 0.15) is 29.9 Å². The van der Waals surface area contributed by atoms with Crippen molar-refractivity contribution in [3.05, 3.63) is 35.4 Å². The zero-order chi connectivity index (χ0) is 10.7. The summed E-state index contributed by atoms with van der Waals surface area (Å²) in [7, 11) is 1.58. The molecule has 1 aromatic rings. The number of aryl methyl sites for hydroxylation is 1. The van der Waals surface area contributed by atoms with Crippen molar-refractivity contribution in [2.24, 2.45) is 0 Å². The predicted molar refractivity (Wildman–Crippen MR) is 59.0 cm³/mol. The largest absolute Gasteiger partial charge is 0.377 e. The summed E-state index contributed by atoms with van der Waals surface area (Å²) in [6.45, 7) is 0.235.